The van der Waals surface area contributed by atoms with E-state index < -0.39 is 17.8 Å². The lowest BCUT2D eigenvalue weighted by molar-refractivity contribution is -0.123. The van der Waals surface area contributed by atoms with Crippen LogP contribution in [0.15, 0.2) is 47.9 Å². The number of benzene rings is 1. The molecule has 0 unspecified atom stereocenters. The van der Waals surface area contributed by atoms with Gasteiger partial charge in [-0.15, -0.1) is 11.3 Å². The minimum atomic E-state index is -0.507. The van der Waals surface area contributed by atoms with Crippen molar-refractivity contribution in [2.75, 3.05) is 13.2 Å². The molecule has 0 saturated heterocycles. The van der Waals surface area contributed by atoms with Crippen molar-refractivity contribution < 1.29 is 23.9 Å². The first-order valence-electron chi connectivity index (χ1n) is 8.99. The van der Waals surface area contributed by atoms with Crippen LogP contribution in [0.1, 0.15) is 28.6 Å². The number of hydrazine groups is 1. The highest BCUT2D eigenvalue weighted by atomic mass is 32.1. The van der Waals surface area contributed by atoms with Crippen LogP contribution in [0, 0.1) is 0 Å². The molecule has 0 spiro atoms. The molecular formula is C20H21N3O5S2. The van der Waals surface area contributed by atoms with Gasteiger partial charge in [-0.25, -0.2) is 4.79 Å². The summed E-state index contributed by atoms with van der Waals surface area (Å²) >= 11 is 6.43. The zero-order valence-corrected chi connectivity index (χ0v) is 17.8. The summed E-state index contributed by atoms with van der Waals surface area (Å²) < 4.78 is 10.4. The van der Waals surface area contributed by atoms with Crippen molar-refractivity contribution >= 4 is 52.5 Å². The summed E-state index contributed by atoms with van der Waals surface area (Å²) in [5.41, 5.74) is 5.13. The maximum atomic E-state index is 11.8. The van der Waals surface area contributed by atoms with Crippen LogP contribution in [-0.4, -0.2) is 36.1 Å². The van der Waals surface area contributed by atoms with Crippen LogP contribution >= 0.6 is 23.6 Å². The van der Waals surface area contributed by atoms with E-state index in [4.69, 9.17) is 21.7 Å². The first-order valence-corrected chi connectivity index (χ1v) is 10.3. The summed E-state index contributed by atoms with van der Waals surface area (Å²) in [6.45, 7) is 1.98. The lowest BCUT2D eigenvalue weighted by Gasteiger charge is -2.11. The minimum absolute atomic E-state index is 0.0564. The number of nitrogens with one attached hydrogen (secondary N) is 3. The Morgan fingerprint density at radius 3 is 2.57 bits per heavy atom. The van der Waals surface area contributed by atoms with Gasteiger partial charge in [0.15, 0.2) is 11.7 Å². The van der Waals surface area contributed by atoms with Crippen LogP contribution < -0.4 is 20.9 Å². The second-order valence-electron chi connectivity index (χ2n) is 5.79. The lowest BCUT2D eigenvalue weighted by Crippen LogP contribution is -2.49. The fraction of sp³-hybridized carbons (Fsp3) is 0.200. The molecule has 0 atom stereocenters. The maximum absolute atomic E-state index is 11.8. The number of amides is 2. The highest BCUT2D eigenvalue weighted by Crippen LogP contribution is 2.13. The number of rotatable bonds is 8. The number of esters is 1. The van der Waals surface area contributed by atoms with Crippen molar-refractivity contribution in [2.45, 2.75) is 13.3 Å². The zero-order valence-electron chi connectivity index (χ0n) is 16.2. The van der Waals surface area contributed by atoms with Crippen molar-refractivity contribution in [1.29, 1.82) is 0 Å². The monoisotopic (exact) mass is 447 g/mol. The number of thiophene rings is 1. The first kappa shape index (κ1) is 23.0. The summed E-state index contributed by atoms with van der Waals surface area (Å²) in [6.07, 6.45) is 3.74. The standard InChI is InChI=1S/C20H21N3O5S2/c1-2-11-27-19(26)14-5-7-15(8-6-14)28-13-18(25)22-23-20(29)21-17(24)10-9-16-4-3-12-30-16/h3-10,12H,2,11,13H2,1H3,(H,22,25)(H2,21,23,24,29). The largest absolute Gasteiger partial charge is 0.484 e. The molecule has 2 aromatic rings. The Balaban J connectivity index is 1.67. The molecule has 0 bridgehead atoms. The van der Waals surface area contributed by atoms with Crippen molar-refractivity contribution in [2.24, 2.45) is 0 Å². The summed E-state index contributed by atoms with van der Waals surface area (Å²) in [6, 6.07) is 9.98. The SMILES string of the molecule is CCCOC(=O)c1ccc(OCC(=O)NNC(=S)NC(=O)C=Cc2cccs2)cc1. The fourth-order valence-corrected chi connectivity index (χ4v) is 2.78. The molecular weight excluding hydrogens is 426 g/mol. The van der Waals surface area contributed by atoms with Gasteiger partial charge in [-0.05, 0) is 60.4 Å². The van der Waals surface area contributed by atoms with Gasteiger partial charge >= 0.3 is 5.97 Å². The Hall–Kier alpha value is -3.24. The smallest absolute Gasteiger partial charge is 0.338 e. The topological polar surface area (TPSA) is 106 Å². The average molecular weight is 448 g/mol. The van der Waals surface area contributed by atoms with Crippen molar-refractivity contribution in [1.82, 2.24) is 16.2 Å². The summed E-state index contributed by atoms with van der Waals surface area (Å²) in [5, 5.41) is 4.25. The maximum Gasteiger partial charge on any atom is 0.338 e. The molecule has 0 aliphatic rings. The minimum Gasteiger partial charge on any atom is -0.484 e. The lowest BCUT2D eigenvalue weighted by atomic mass is 10.2. The van der Waals surface area contributed by atoms with E-state index in [1.165, 1.54) is 17.4 Å². The van der Waals surface area contributed by atoms with Crippen LogP contribution in [0.3, 0.4) is 0 Å². The van der Waals surface area contributed by atoms with Gasteiger partial charge in [0, 0.05) is 11.0 Å². The molecule has 0 saturated carbocycles. The molecule has 2 rings (SSSR count). The van der Waals surface area contributed by atoms with E-state index in [0.717, 1.165) is 11.3 Å². The van der Waals surface area contributed by atoms with E-state index in [1.807, 2.05) is 24.4 Å². The van der Waals surface area contributed by atoms with E-state index in [1.54, 1.807) is 30.3 Å². The van der Waals surface area contributed by atoms with Gasteiger partial charge in [0.1, 0.15) is 5.75 Å². The third kappa shape index (κ3) is 8.41. The number of hydrogen-bond acceptors (Lipinski definition) is 7. The van der Waals surface area contributed by atoms with Crippen molar-refractivity contribution in [3.63, 3.8) is 0 Å². The number of carbonyl (C=O) groups excluding carboxylic acids is 3. The molecule has 1 heterocycles. The molecule has 0 aliphatic carbocycles. The summed E-state index contributed by atoms with van der Waals surface area (Å²) in [5.74, 6) is -0.936. The Morgan fingerprint density at radius 2 is 1.90 bits per heavy atom. The Morgan fingerprint density at radius 1 is 1.13 bits per heavy atom. The van der Waals surface area contributed by atoms with E-state index >= 15 is 0 Å². The molecule has 2 amide bonds. The Kier molecular flexibility index (Phi) is 9.49. The van der Waals surface area contributed by atoms with Gasteiger partial charge in [0.05, 0.1) is 12.2 Å². The number of ether oxygens (including phenoxy) is 2. The molecule has 158 valence electrons. The number of hydrogen-bond donors (Lipinski definition) is 3. The van der Waals surface area contributed by atoms with Gasteiger partial charge in [0.25, 0.3) is 5.91 Å². The first-order chi connectivity index (χ1) is 14.5. The zero-order chi connectivity index (χ0) is 21.8. The third-order valence-corrected chi connectivity index (χ3v) is 4.43. The highest BCUT2D eigenvalue weighted by Gasteiger charge is 2.08. The molecule has 10 heteroatoms. The van der Waals surface area contributed by atoms with Crippen LogP contribution in [0.2, 0.25) is 0 Å². The second kappa shape index (κ2) is 12.3. The molecule has 30 heavy (non-hydrogen) atoms. The molecule has 0 fully saturated rings. The number of thiocarbonyl (C=S) groups is 1. The van der Waals surface area contributed by atoms with Gasteiger partial charge in [0.2, 0.25) is 5.91 Å². The molecule has 1 aromatic heterocycles. The van der Waals surface area contributed by atoms with Crippen LogP contribution in [0.4, 0.5) is 0 Å². The van der Waals surface area contributed by atoms with E-state index in [2.05, 4.69) is 16.2 Å². The van der Waals surface area contributed by atoms with E-state index in [-0.39, 0.29) is 11.7 Å². The highest BCUT2D eigenvalue weighted by molar-refractivity contribution is 7.80. The molecule has 0 radical (unpaired) electrons. The second-order valence-corrected chi connectivity index (χ2v) is 7.18. The third-order valence-electron chi connectivity index (χ3n) is 3.39. The summed E-state index contributed by atoms with van der Waals surface area (Å²) in [7, 11) is 0. The Bertz CT molecular complexity index is 896. The van der Waals surface area contributed by atoms with Crippen LogP contribution in [-0.2, 0) is 14.3 Å². The van der Waals surface area contributed by atoms with Gasteiger partial charge < -0.3 is 9.47 Å². The van der Waals surface area contributed by atoms with Gasteiger partial charge in [-0.1, -0.05) is 13.0 Å². The molecule has 0 aliphatic heterocycles. The summed E-state index contributed by atoms with van der Waals surface area (Å²) in [4.78, 5) is 36.2. The van der Waals surface area contributed by atoms with E-state index in [0.29, 0.717) is 17.9 Å². The predicted octanol–water partition coefficient (Wildman–Crippen LogP) is 2.43. The number of carbonyl (C=O) groups is 3. The van der Waals surface area contributed by atoms with Crippen molar-refractivity contribution in [3.05, 3.63) is 58.3 Å². The Labute approximate surface area is 183 Å². The molecule has 8 nitrogen and oxygen atoms in total. The van der Waals surface area contributed by atoms with Crippen LogP contribution in [0.25, 0.3) is 6.08 Å². The quantitative estimate of drug-likeness (QED) is 0.247. The van der Waals surface area contributed by atoms with Crippen LogP contribution in [0.5, 0.6) is 5.75 Å². The fourth-order valence-electron chi connectivity index (χ4n) is 2.01. The molecule has 3 N–H and O–H groups in total. The predicted molar refractivity (Wildman–Crippen MR) is 118 cm³/mol. The average Bonchev–Trinajstić information content (AvgIpc) is 3.27. The van der Waals surface area contributed by atoms with E-state index in [9.17, 15) is 14.4 Å². The van der Waals surface area contributed by atoms with Gasteiger partial charge in [-0.3, -0.25) is 25.8 Å². The molecule has 1 aromatic carbocycles. The van der Waals surface area contributed by atoms with Gasteiger partial charge in [-0.2, -0.15) is 0 Å². The van der Waals surface area contributed by atoms with Crippen molar-refractivity contribution in [3.8, 4) is 5.75 Å². The normalized spacial score (nSPS) is 10.3.